The fourth-order valence-corrected chi connectivity index (χ4v) is 4.92. The van der Waals surface area contributed by atoms with Gasteiger partial charge in [0, 0.05) is 18.0 Å². The lowest BCUT2D eigenvalue weighted by molar-refractivity contribution is -0.121. The van der Waals surface area contributed by atoms with E-state index in [1.807, 2.05) is 18.2 Å². The predicted molar refractivity (Wildman–Crippen MR) is 111 cm³/mol. The summed E-state index contributed by atoms with van der Waals surface area (Å²) in [4.78, 5) is 12.5. The fraction of sp³-hybridized carbons (Fsp3) is 0.381. The molecule has 1 aliphatic rings. The Morgan fingerprint density at radius 2 is 1.86 bits per heavy atom. The average molecular weight is 421 g/mol. The minimum Gasteiger partial charge on any atom is -0.349 e. The van der Waals surface area contributed by atoms with Crippen molar-refractivity contribution in [2.24, 2.45) is 0 Å². The molecule has 0 saturated carbocycles. The molecule has 1 atom stereocenters. The van der Waals surface area contributed by atoms with Gasteiger partial charge in [0.1, 0.15) is 0 Å². The zero-order chi connectivity index (χ0) is 20.3. The summed E-state index contributed by atoms with van der Waals surface area (Å²) >= 11 is 6.11. The molecule has 0 aliphatic heterocycles. The Hall–Kier alpha value is -1.89. The number of hydrogen-bond acceptors (Lipinski definition) is 3. The van der Waals surface area contributed by atoms with Crippen molar-refractivity contribution in [1.82, 2.24) is 10.0 Å². The molecule has 1 amide bonds. The van der Waals surface area contributed by atoms with Gasteiger partial charge in [0.15, 0.2) is 0 Å². The number of sulfonamides is 1. The highest BCUT2D eigenvalue weighted by Crippen LogP contribution is 2.29. The number of fused-ring (bicyclic) bond motifs is 1. The van der Waals surface area contributed by atoms with Gasteiger partial charge in [-0.1, -0.05) is 35.9 Å². The molecule has 0 radical (unpaired) electrons. The van der Waals surface area contributed by atoms with E-state index in [1.165, 1.54) is 17.7 Å². The number of rotatable bonds is 6. The smallest absolute Gasteiger partial charge is 0.240 e. The molecule has 5 nitrogen and oxygen atoms in total. The van der Waals surface area contributed by atoms with Crippen molar-refractivity contribution in [2.75, 3.05) is 6.54 Å². The van der Waals surface area contributed by atoms with Crippen molar-refractivity contribution >= 4 is 27.5 Å². The number of carbonyl (C=O) groups excluding carboxylic acids is 1. The monoisotopic (exact) mass is 420 g/mol. The van der Waals surface area contributed by atoms with E-state index >= 15 is 0 Å². The molecule has 0 bridgehead atoms. The number of hydrogen-bond donors (Lipinski definition) is 2. The molecule has 2 aromatic carbocycles. The third-order valence-electron chi connectivity index (χ3n) is 5.07. The van der Waals surface area contributed by atoms with Gasteiger partial charge >= 0.3 is 0 Å². The highest BCUT2D eigenvalue weighted by Gasteiger charge is 2.22. The van der Waals surface area contributed by atoms with Gasteiger partial charge in [-0.2, -0.15) is 0 Å². The first-order chi connectivity index (χ1) is 13.3. The second kappa shape index (κ2) is 8.64. The van der Waals surface area contributed by atoms with E-state index in [-0.39, 0.29) is 29.8 Å². The maximum Gasteiger partial charge on any atom is 0.240 e. The summed E-state index contributed by atoms with van der Waals surface area (Å²) in [6.45, 7) is 3.58. The molecule has 0 aromatic heterocycles. The van der Waals surface area contributed by atoms with E-state index in [1.54, 1.807) is 13.8 Å². The minimum atomic E-state index is -3.69. The van der Waals surface area contributed by atoms with Crippen LogP contribution in [0.4, 0.5) is 0 Å². The zero-order valence-corrected chi connectivity index (χ0v) is 17.7. The SMILES string of the molecule is Cc1cc(S(=O)(=O)NCCC(=O)N[C@@H]2CCCc3ccccc32)cc(C)c1Cl. The summed E-state index contributed by atoms with van der Waals surface area (Å²) < 4.78 is 27.5. The molecule has 1 aliphatic carbocycles. The largest absolute Gasteiger partial charge is 0.349 e. The molecule has 0 heterocycles. The Morgan fingerprint density at radius 1 is 1.18 bits per heavy atom. The van der Waals surface area contributed by atoms with Crippen LogP contribution in [-0.2, 0) is 21.2 Å². The number of amides is 1. The number of nitrogens with one attached hydrogen (secondary N) is 2. The molecule has 2 aromatic rings. The first-order valence-electron chi connectivity index (χ1n) is 9.41. The maximum atomic E-state index is 12.5. The second-order valence-electron chi connectivity index (χ2n) is 7.23. The number of aryl methyl sites for hydroxylation is 3. The van der Waals surface area contributed by atoms with Gasteiger partial charge in [0.25, 0.3) is 0 Å². The van der Waals surface area contributed by atoms with Crippen LogP contribution in [0.2, 0.25) is 5.02 Å². The summed E-state index contributed by atoms with van der Waals surface area (Å²) in [7, 11) is -3.69. The predicted octanol–water partition coefficient (Wildman–Crippen LogP) is 3.82. The van der Waals surface area contributed by atoms with Crippen LogP contribution in [0.3, 0.4) is 0 Å². The van der Waals surface area contributed by atoms with E-state index < -0.39 is 10.0 Å². The van der Waals surface area contributed by atoms with Gasteiger partial charge in [-0.3, -0.25) is 4.79 Å². The number of carbonyl (C=O) groups is 1. The van der Waals surface area contributed by atoms with Gasteiger partial charge in [-0.25, -0.2) is 13.1 Å². The fourth-order valence-electron chi connectivity index (χ4n) is 3.61. The van der Waals surface area contributed by atoms with E-state index in [2.05, 4.69) is 16.1 Å². The van der Waals surface area contributed by atoms with Crippen LogP contribution in [0.15, 0.2) is 41.3 Å². The third-order valence-corrected chi connectivity index (χ3v) is 7.11. The van der Waals surface area contributed by atoms with E-state index in [4.69, 9.17) is 11.6 Å². The average Bonchev–Trinajstić information content (AvgIpc) is 2.66. The van der Waals surface area contributed by atoms with E-state index in [0.717, 1.165) is 24.8 Å². The van der Waals surface area contributed by atoms with E-state index in [9.17, 15) is 13.2 Å². The maximum absolute atomic E-state index is 12.5. The van der Waals surface area contributed by atoms with Crippen LogP contribution in [0.1, 0.15) is 47.6 Å². The van der Waals surface area contributed by atoms with Crippen molar-refractivity contribution in [3.8, 4) is 0 Å². The minimum absolute atomic E-state index is 0.00405. The molecular formula is C21H25ClN2O3S. The van der Waals surface area contributed by atoms with Gasteiger partial charge in [0.2, 0.25) is 15.9 Å². The van der Waals surface area contributed by atoms with E-state index in [0.29, 0.717) is 16.1 Å². The Labute approximate surface area is 171 Å². The summed E-state index contributed by atoms with van der Waals surface area (Å²) in [5, 5.41) is 3.60. The molecule has 7 heteroatoms. The second-order valence-corrected chi connectivity index (χ2v) is 9.37. The standard InChI is InChI=1S/C21H25ClN2O3S/c1-14-12-17(13-15(2)21(14)22)28(26,27)23-11-10-20(25)24-19-9-5-7-16-6-3-4-8-18(16)19/h3-4,6,8,12-13,19,23H,5,7,9-11H2,1-2H3,(H,24,25)/t19-/m1/s1. The summed E-state index contributed by atoms with van der Waals surface area (Å²) in [6.07, 6.45) is 3.05. The van der Waals surface area contributed by atoms with Gasteiger partial charge in [-0.05, 0) is 67.5 Å². The molecular weight excluding hydrogens is 396 g/mol. The molecule has 2 N–H and O–H groups in total. The Kier molecular flexibility index (Phi) is 6.43. The first-order valence-corrected chi connectivity index (χ1v) is 11.3. The summed E-state index contributed by atoms with van der Waals surface area (Å²) in [6, 6.07) is 11.2. The first kappa shape index (κ1) is 20.8. The molecule has 0 fully saturated rings. The van der Waals surface area contributed by atoms with Crippen LogP contribution in [0.25, 0.3) is 0 Å². The molecule has 28 heavy (non-hydrogen) atoms. The lowest BCUT2D eigenvalue weighted by Crippen LogP contribution is -2.34. The Bertz CT molecular complexity index is 966. The van der Waals surface area contributed by atoms with Crippen LogP contribution >= 0.6 is 11.6 Å². The van der Waals surface area contributed by atoms with Crippen LogP contribution in [0.5, 0.6) is 0 Å². The molecule has 0 saturated heterocycles. The van der Waals surface area contributed by atoms with Gasteiger partial charge < -0.3 is 5.32 Å². The van der Waals surface area contributed by atoms with Crippen LogP contribution < -0.4 is 10.0 Å². The summed E-state index contributed by atoms with van der Waals surface area (Å²) in [5.41, 5.74) is 3.84. The molecule has 3 rings (SSSR count). The van der Waals surface area contributed by atoms with Crippen molar-refractivity contribution in [3.63, 3.8) is 0 Å². The van der Waals surface area contributed by atoms with Crippen LogP contribution in [0, 0.1) is 13.8 Å². The third kappa shape index (κ3) is 4.74. The topological polar surface area (TPSA) is 75.3 Å². The van der Waals surface area contributed by atoms with Crippen molar-refractivity contribution in [3.05, 3.63) is 63.7 Å². The number of benzene rings is 2. The molecule has 0 spiro atoms. The highest BCUT2D eigenvalue weighted by molar-refractivity contribution is 7.89. The van der Waals surface area contributed by atoms with Crippen molar-refractivity contribution in [2.45, 2.75) is 50.5 Å². The van der Waals surface area contributed by atoms with Crippen LogP contribution in [-0.4, -0.2) is 20.9 Å². The lowest BCUT2D eigenvalue weighted by Gasteiger charge is -2.26. The zero-order valence-electron chi connectivity index (χ0n) is 16.1. The molecule has 150 valence electrons. The highest BCUT2D eigenvalue weighted by atomic mass is 35.5. The molecule has 0 unspecified atom stereocenters. The summed E-state index contributed by atoms with van der Waals surface area (Å²) in [5.74, 6) is -0.159. The Morgan fingerprint density at radius 3 is 2.57 bits per heavy atom. The van der Waals surface area contributed by atoms with Crippen molar-refractivity contribution in [1.29, 1.82) is 0 Å². The van der Waals surface area contributed by atoms with Gasteiger partial charge in [-0.15, -0.1) is 0 Å². The Balaban J connectivity index is 1.57. The number of halogens is 1. The van der Waals surface area contributed by atoms with Crippen molar-refractivity contribution < 1.29 is 13.2 Å². The lowest BCUT2D eigenvalue weighted by atomic mass is 9.88. The van der Waals surface area contributed by atoms with Gasteiger partial charge in [0.05, 0.1) is 10.9 Å². The normalized spacial score (nSPS) is 16.5. The quantitative estimate of drug-likeness (QED) is 0.745.